The summed E-state index contributed by atoms with van der Waals surface area (Å²) in [6.07, 6.45) is 0. The van der Waals surface area contributed by atoms with Crippen LogP contribution in [0.5, 0.6) is 0 Å². The minimum Gasteiger partial charge on any atom is -0.464 e. The van der Waals surface area contributed by atoms with Gasteiger partial charge in [0.05, 0.1) is 7.11 Å². The number of anilines is 1. The first-order valence-corrected chi connectivity index (χ1v) is 10.6. The molecule has 0 aliphatic carbocycles. The number of benzene rings is 1. The van der Waals surface area contributed by atoms with Crippen LogP contribution in [0.1, 0.15) is 25.8 Å². The van der Waals surface area contributed by atoms with Crippen molar-refractivity contribution in [2.75, 3.05) is 12.4 Å². The minimum atomic E-state index is -3.91. The second-order valence-corrected chi connectivity index (χ2v) is 8.50. The van der Waals surface area contributed by atoms with Gasteiger partial charge in [-0.3, -0.25) is 4.79 Å². The fourth-order valence-corrected chi connectivity index (χ4v) is 4.26. The van der Waals surface area contributed by atoms with Gasteiger partial charge in [0, 0.05) is 16.3 Å². The van der Waals surface area contributed by atoms with Gasteiger partial charge in [0.25, 0.3) is 10.0 Å². The average molecular weight is 440 g/mol. The van der Waals surface area contributed by atoms with Crippen LogP contribution in [0, 0.1) is 0 Å². The van der Waals surface area contributed by atoms with Gasteiger partial charge in [-0.15, -0.1) is 0 Å². The maximum absolute atomic E-state index is 12.5. The zero-order valence-corrected chi connectivity index (χ0v) is 17.1. The molecule has 0 aliphatic rings. The minimum absolute atomic E-state index is 0. The standard InChI is InChI=1S/C18H17N3O6S2.2H2/c1-11(22)20-18-21-15(17(23)26-2)16(28-18)13-8-9-14(27-13)29(24,25)19-10-12-6-4-3-5-7-12;;/h3-9,19H,10H2,1-2H3,(H,20,21,22);2*1H. The van der Waals surface area contributed by atoms with Crippen LogP contribution >= 0.6 is 11.3 Å². The molecule has 0 fully saturated rings. The van der Waals surface area contributed by atoms with E-state index in [9.17, 15) is 18.0 Å². The quantitative estimate of drug-likeness (QED) is 0.541. The third-order valence-corrected chi connectivity index (χ3v) is 5.93. The van der Waals surface area contributed by atoms with Crippen LogP contribution in [0.25, 0.3) is 10.6 Å². The van der Waals surface area contributed by atoms with E-state index in [4.69, 9.17) is 9.15 Å². The molecule has 11 heteroatoms. The van der Waals surface area contributed by atoms with E-state index in [1.54, 1.807) is 24.3 Å². The molecule has 9 nitrogen and oxygen atoms in total. The Labute approximate surface area is 173 Å². The fraction of sp³-hybridized carbons (Fsp3) is 0.167. The smallest absolute Gasteiger partial charge is 0.358 e. The van der Waals surface area contributed by atoms with E-state index in [0.717, 1.165) is 16.9 Å². The molecule has 2 heterocycles. The lowest BCUT2D eigenvalue weighted by Gasteiger charge is -2.04. The maximum atomic E-state index is 12.5. The number of furan rings is 1. The number of rotatable bonds is 7. The molecule has 1 amide bonds. The number of hydrogen-bond acceptors (Lipinski definition) is 8. The van der Waals surface area contributed by atoms with Crippen LogP contribution in [0.2, 0.25) is 0 Å². The highest BCUT2D eigenvalue weighted by molar-refractivity contribution is 7.89. The molecule has 0 bridgehead atoms. The number of thiazole rings is 1. The Kier molecular flexibility index (Phi) is 6.11. The summed E-state index contributed by atoms with van der Waals surface area (Å²) >= 11 is 0.966. The molecular weight excluding hydrogens is 418 g/mol. The topological polar surface area (TPSA) is 128 Å². The second kappa shape index (κ2) is 8.55. The number of esters is 1. The first-order chi connectivity index (χ1) is 13.8. The number of ether oxygens (including phenoxy) is 1. The Balaban J connectivity index is 0.00000240. The van der Waals surface area contributed by atoms with Gasteiger partial charge in [-0.05, 0) is 17.7 Å². The van der Waals surface area contributed by atoms with Crippen molar-refractivity contribution in [2.45, 2.75) is 18.6 Å². The summed E-state index contributed by atoms with van der Waals surface area (Å²) in [5, 5.41) is 2.33. The first kappa shape index (κ1) is 20.7. The van der Waals surface area contributed by atoms with E-state index in [2.05, 4.69) is 15.0 Å². The van der Waals surface area contributed by atoms with Crippen molar-refractivity contribution in [3.05, 3.63) is 53.7 Å². The van der Waals surface area contributed by atoms with Gasteiger partial charge >= 0.3 is 5.97 Å². The van der Waals surface area contributed by atoms with Crippen molar-refractivity contribution in [3.8, 4) is 10.6 Å². The van der Waals surface area contributed by atoms with Crippen LogP contribution < -0.4 is 10.0 Å². The third-order valence-electron chi connectivity index (χ3n) is 3.67. The van der Waals surface area contributed by atoms with Gasteiger partial charge in [0.2, 0.25) is 11.0 Å². The van der Waals surface area contributed by atoms with E-state index in [0.29, 0.717) is 0 Å². The molecule has 0 unspecified atom stereocenters. The van der Waals surface area contributed by atoms with Crippen molar-refractivity contribution >= 4 is 38.4 Å². The Morgan fingerprint density at radius 3 is 2.59 bits per heavy atom. The van der Waals surface area contributed by atoms with Gasteiger partial charge in [-0.1, -0.05) is 41.7 Å². The third kappa shape index (κ3) is 4.88. The van der Waals surface area contributed by atoms with Gasteiger partial charge in [0.1, 0.15) is 10.6 Å². The number of hydrogen-bond donors (Lipinski definition) is 2. The average Bonchev–Trinajstić information content (AvgIpc) is 3.34. The number of sulfonamides is 1. The lowest BCUT2D eigenvalue weighted by atomic mass is 10.2. The van der Waals surface area contributed by atoms with Crippen molar-refractivity contribution in [2.24, 2.45) is 0 Å². The van der Waals surface area contributed by atoms with E-state index < -0.39 is 16.0 Å². The summed E-state index contributed by atoms with van der Waals surface area (Å²) in [4.78, 5) is 27.5. The van der Waals surface area contributed by atoms with Crippen molar-refractivity contribution in [1.82, 2.24) is 9.71 Å². The number of nitrogens with one attached hydrogen (secondary N) is 2. The highest BCUT2D eigenvalue weighted by Gasteiger charge is 2.25. The van der Waals surface area contributed by atoms with Crippen LogP contribution in [0.4, 0.5) is 5.13 Å². The van der Waals surface area contributed by atoms with Crippen LogP contribution in [-0.2, 0) is 26.1 Å². The Morgan fingerprint density at radius 1 is 1.21 bits per heavy atom. The second-order valence-electron chi connectivity index (χ2n) is 5.80. The molecule has 0 aliphatic heterocycles. The SMILES string of the molecule is COC(=O)c1nc(NC(C)=O)sc1-c1ccc(S(=O)(=O)NCc2ccccc2)o1.[HH].[HH]. The summed E-state index contributed by atoms with van der Waals surface area (Å²) in [6.45, 7) is 1.40. The highest BCUT2D eigenvalue weighted by atomic mass is 32.2. The lowest BCUT2D eigenvalue weighted by molar-refractivity contribution is -0.114. The molecule has 1 aromatic carbocycles. The molecule has 3 aromatic rings. The molecule has 0 atom stereocenters. The number of amides is 1. The number of methoxy groups -OCH3 is 1. The van der Waals surface area contributed by atoms with E-state index in [1.165, 1.54) is 26.2 Å². The molecule has 2 aromatic heterocycles. The van der Waals surface area contributed by atoms with E-state index in [-0.39, 0.29) is 41.9 Å². The number of nitrogens with zero attached hydrogens (tertiary/aromatic N) is 1. The van der Waals surface area contributed by atoms with Crippen molar-refractivity contribution in [3.63, 3.8) is 0 Å². The highest BCUT2D eigenvalue weighted by Crippen LogP contribution is 2.35. The summed E-state index contributed by atoms with van der Waals surface area (Å²) in [6, 6.07) is 11.7. The molecule has 29 heavy (non-hydrogen) atoms. The molecule has 2 N–H and O–H groups in total. The summed E-state index contributed by atoms with van der Waals surface area (Å²) in [5.74, 6) is -0.995. The lowest BCUT2D eigenvalue weighted by Crippen LogP contribution is -2.22. The van der Waals surface area contributed by atoms with Gasteiger partial charge in [-0.2, -0.15) is 0 Å². The number of aromatic nitrogens is 1. The normalized spacial score (nSPS) is 11.2. The van der Waals surface area contributed by atoms with Crippen LogP contribution in [0.15, 0.2) is 52.0 Å². The molecule has 0 spiro atoms. The zero-order chi connectivity index (χ0) is 21.0. The summed E-state index contributed by atoms with van der Waals surface area (Å²) in [7, 11) is -2.73. The molecular formula is C18H21N3O6S2. The maximum Gasteiger partial charge on any atom is 0.358 e. The molecule has 0 saturated carbocycles. The molecule has 0 radical (unpaired) electrons. The van der Waals surface area contributed by atoms with Crippen molar-refractivity contribution in [1.29, 1.82) is 0 Å². The van der Waals surface area contributed by atoms with E-state index >= 15 is 0 Å². The summed E-state index contributed by atoms with van der Waals surface area (Å²) < 4.78 is 37.6. The Bertz CT molecular complexity index is 1150. The molecule has 3 rings (SSSR count). The summed E-state index contributed by atoms with van der Waals surface area (Å²) in [5.41, 5.74) is 0.704. The number of carbonyl (C=O) groups excluding carboxylic acids is 2. The monoisotopic (exact) mass is 439 g/mol. The first-order valence-electron chi connectivity index (χ1n) is 8.30. The van der Waals surface area contributed by atoms with Crippen molar-refractivity contribution < 1.29 is 30.0 Å². The molecule has 156 valence electrons. The molecule has 0 saturated heterocycles. The fourth-order valence-electron chi connectivity index (χ4n) is 2.36. The largest absolute Gasteiger partial charge is 0.464 e. The Hall–Kier alpha value is -3.02. The van der Waals surface area contributed by atoms with Crippen LogP contribution in [0.3, 0.4) is 0 Å². The predicted molar refractivity (Wildman–Crippen MR) is 110 cm³/mol. The zero-order valence-electron chi connectivity index (χ0n) is 15.5. The van der Waals surface area contributed by atoms with Gasteiger partial charge < -0.3 is 14.5 Å². The van der Waals surface area contributed by atoms with Gasteiger partial charge in [0.15, 0.2) is 10.8 Å². The van der Waals surface area contributed by atoms with Gasteiger partial charge in [-0.25, -0.2) is 22.9 Å². The predicted octanol–water partition coefficient (Wildman–Crippen LogP) is 3.12. The number of carbonyl (C=O) groups is 2. The van der Waals surface area contributed by atoms with Crippen LogP contribution in [-0.4, -0.2) is 32.4 Å². The Morgan fingerprint density at radius 2 is 1.93 bits per heavy atom. The van der Waals surface area contributed by atoms with E-state index in [1.807, 2.05) is 6.07 Å².